The van der Waals surface area contributed by atoms with Crippen LogP contribution in [-0.2, 0) is 4.74 Å². The van der Waals surface area contributed by atoms with E-state index in [1.807, 2.05) is 6.07 Å². The maximum atomic E-state index is 6.78. The Kier molecular flexibility index (Phi) is 3.28. The zero-order valence-corrected chi connectivity index (χ0v) is 14.6. The molecule has 0 radical (unpaired) electrons. The molecule has 3 aliphatic rings. The molecule has 1 saturated carbocycles. The highest BCUT2D eigenvalue weighted by Crippen LogP contribution is 2.67. The molecule has 0 amide bonds. The smallest absolute Gasteiger partial charge is 0.128 e. The number of ether oxygens (including phenoxy) is 3. The van der Waals surface area contributed by atoms with E-state index < -0.39 is 0 Å². The van der Waals surface area contributed by atoms with Gasteiger partial charge < -0.3 is 14.2 Å². The minimum absolute atomic E-state index is 0.0979. The van der Waals surface area contributed by atoms with E-state index in [1.54, 1.807) is 14.2 Å². The first-order valence-electron chi connectivity index (χ1n) is 8.73. The van der Waals surface area contributed by atoms with Gasteiger partial charge in [-0.05, 0) is 49.3 Å². The summed E-state index contributed by atoms with van der Waals surface area (Å²) < 4.78 is 18.0. The van der Waals surface area contributed by atoms with Gasteiger partial charge in [-0.1, -0.05) is 19.9 Å². The van der Waals surface area contributed by atoms with Gasteiger partial charge in [-0.2, -0.15) is 0 Å². The lowest BCUT2D eigenvalue weighted by Crippen LogP contribution is -2.61. The van der Waals surface area contributed by atoms with Crippen molar-refractivity contribution in [3.05, 3.63) is 29.3 Å². The van der Waals surface area contributed by atoms with Gasteiger partial charge >= 0.3 is 0 Å². The van der Waals surface area contributed by atoms with Gasteiger partial charge in [0.05, 0.1) is 25.9 Å². The molecule has 0 unspecified atom stereocenters. The SMILES string of the molecule is CC[C@H]1O[C@@]23CC[C@]2(C)CCC=C3c2cc(OC)cc(OC)c21. The maximum Gasteiger partial charge on any atom is 0.128 e. The Labute approximate surface area is 138 Å². The summed E-state index contributed by atoms with van der Waals surface area (Å²) in [5.41, 5.74) is 4.03. The van der Waals surface area contributed by atoms with Crippen LogP contribution in [0.25, 0.3) is 5.57 Å². The summed E-state index contributed by atoms with van der Waals surface area (Å²) in [5, 5.41) is 0. The van der Waals surface area contributed by atoms with Crippen LogP contribution in [0.1, 0.15) is 63.2 Å². The van der Waals surface area contributed by atoms with Crippen LogP contribution in [0.4, 0.5) is 0 Å². The van der Waals surface area contributed by atoms with Crippen LogP contribution >= 0.6 is 0 Å². The molecular formula is C20H26O3. The summed E-state index contributed by atoms with van der Waals surface area (Å²) in [6.45, 7) is 4.60. The molecule has 1 heterocycles. The second-order valence-corrected chi connectivity index (χ2v) is 7.35. The van der Waals surface area contributed by atoms with Crippen molar-refractivity contribution in [2.75, 3.05) is 14.2 Å². The Morgan fingerprint density at radius 1 is 1.17 bits per heavy atom. The van der Waals surface area contributed by atoms with Crippen molar-refractivity contribution >= 4 is 5.57 Å². The van der Waals surface area contributed by atoms with Crippen molar-refractivity contribution < 1.29 is 14.2 Å². The predicted molar refractivity (Wildman–Crippen MR) is 90.9 cm³/mol. The summed E-state index contributed by atoms with van der Waals surface area (Å²) in [5.74, 6) is 1.74. The zero-order valence-electron chi connectivity index (χ0n) is 14.6. The highest BCUT2D eigenvalue weighted by Gasteiger charge is 2.63. The lowest BCUT2D eigenvalue weighted by atomic mass is 9.49. The van der Waals surface area contributed by atoms with Crippen molar-refractivity contribution in [1.29, 1.82) is 0 Å². The Balaban J connectivity index is 1.96. The van der Waals surface area contributed by atoms with Crippen LogP contribution in [0.2, 0.25) is 0 Å². The summed E-state index contributed by atoms with van der Waals surface area (Å²) in [6, 6.07) is 4.16. The molecule has 3 heteroatoms. The third-order valence-electron chi connectivity index (χ3n) is 6.38. The molecule has 3 atom stereocenters. The topological polar surface area (TPSA) is 27.7 Å². The summed E-state index contributed by atoms with van der Waals surface area (Å²) in [7, 11) is 3.45. The first-order chi connectivity index (χ1) is 11.1. The van der Waals surface area contributed by atoms with E-state index in [9.17, 15) is 0 Å². The quantitative estimate of drug-likeness (QED) is 0.794. The molecule has 2 aliphatic carbocycles. The monoisotopic (exact) mass is 314 g/mol. The van der Waals surface area contributed by atoms with Gasteiger partial charge in [-0.15, -0.1) is 0 Å². The molecule has 23 heavy (non-hydrogen) atoms. The van der Waals surface area contributed by atoms with E-state index in [0.717, 1.165) is 30.8 Å². The third-order valence-corrected chi connectivity index (χ3v) is 6.38. The van der Waals surface area contributed by atoms with E-state index in [-0.39, 0.29) is 17.1 Å². The standard InChI is InChI=1S/C20H26O3/c1-5-16-18-14(11-13(21-3)12-17(18)22-4)15-7-6-8-19(2)9-10-20(15,19)23-16/h7,11-12,16H,5-6,8-10H2,1-4H3/t16-,19+,20-/m1/s1. The Morgan fingerprint density at radius 3 is 2.61 bits per heavy atom. The van der Waals surface area contributed by atoms with Gasteiger partial charge in [0, 0.05) is 17.0 Å². The largest absolute Gasteiger partial charge is 0.497 e. The average molecular weight is 314 g/mol. The minimum atomic E-state index is -0.101. The van der Waals surface area contributed by atoms with Crippen LogP contribution in [0, 0.1) is 5.41 Å². The van der Waals surface area contributed by atoms with Crippen LogP contribution in [0.3, 0.4) is 0 Å². The molecular weight excluding hydrogens is 288 g/mol. The minimum Gasteiger partial charge on any atom is -0.497 e. The molecule has 3 nitrogen and oxygen atoms in total. The van der Waals surface area contributed by atoms with E-state index in [0.29, 0.717) is 0 Å². The highest BCUT2D eigenvalue weighted by atomic mass is 16.5. The van der Waals surface area contributed by atoms with Gasteiger partial charge in [0.15, 0.2) is 0 Å². The molecule has 1 aromatic rings. The maximum absolute atomic E-state index is 6.78. The van der Waals surface area contributed by atoms with Crippen LogP contribution in [0.15, 0.2) is 18.2 Å². The lowest BCUT2D eigenvalue weighted by molar-refractivity contribution is -0.198. The molecule has 0 saturated heterocycles. The molecule has 1 aliphatic heterocycles. The molecule has 1 spiro atoms. The fourth-order valence-electron chi connectivity index (χ4n) is 4.89. The first-order valence-corrected chi connectivity index (χ1v) is 8.73. The number of allylic oxidation sites excluding steroid dienone is 1. The van der Waals surface area contributed by atoms with Crippen LogP contribution in [-0.4, -0.2) is 19.8 Å². The summed E-state index contributed by atoms with van der Waals surface area (Å²) in [6.07, 6.45) is 8.20. The Morgan fingerprint density at radius 2 is 2.00 bits per heavy atom. The second kappa shape index (κ2) is 5.01. The van der Waals surface area contributed by atoms with Crippen LogP contribution in [0.5, 0.6) is 11.5 Å². The molecule has 1 aromatic carbocycles. The van der Waals surface area contributed by atoms with E-state index >= 15 is 0 Å². The van der Waals surface area contributed by atoms with Gasteiger partial charge in [-0.3, -0.25) is 0 Å². The second-order valence-electron chi connectivity index (χ2n) is 7.35. The highest BCUT2D eigenvalue weighted by molar-refractivity contribution is 5.81. The number of hydrogen-bond donors (Lipinski definition) is 0. The number of rotatable bonds is 3. The molecule has 4 rings (SSSR count). The molecule has 124 valence electrons. The molecule has 0 aromatic heterocycles. The Bertz CT molecular complexity index is 678. The number of fused-ring (bicyclic) bond motifs is 2. The zero-order chi connectivity index (χ0) is 16.2. The fourth-order valence-corrected chi connectivity index (χ4v) is 4.89. The first kappa shape index (κ1) is 15.1. The van der Waals surface area contributed by atoms with Crippen molar-refractivity contribution in [2.24, 2.45) is 5.41 Å². The fraction of sp³-hybridized carbons (Fsp3) is 0.600. The normalized spacial score (nSPS) is 34.4. The van der Waals surface area contributed by atoms with Crippen molar-refractivity contribution in [3.8, 4) is 11.5 Å². The van der Waals surface area contributed by atoms with Gasteiger partial charge in [0.25, 0.3) is 0 Å². The third kappa shape index (κ3) is 1.80. The lowest BCUT2D eigenvalue weighted by Gasteiger charge is -2.63. The van der Waals surface area contributed by atoms with Gasteiger partial charge in [0.2, 0.25) is 0 Å². The number of methoxy groups -OCH3 is 2. The summed E-state index contributed by atoms with van der Waals surface area (Å²) >= 11 is 0. The van der Waals surface area contributed by atoms with Crippen molar-refractivity contribution in [1.82, 2.24) is 0 Å². The van der Waals surface area contributed by atoms with E-state index in [2.05, 4.69) is 26.0 Å². The van der Waals surface area contributed by atoms with Crippen LogP contribution < -0.4 is 9.47 Å². The Hall–Kier alpha value is -1.48. The van der Waals surface area contributed by atoms with Crippen molar-refractivity contribution in [2.45, 2.75) is 57.7 Å². The molecule has 1 fully saturated rings. The predicted octanol–water partition coefficient (Wildman–Crippen LogP) is 4.90. The van der Waals surface area contributed by atoms with Gasteiger partial charge in [-0.25, -0.2) is 0 Å². The van der Waals surface area contributed by atoms with Crippen molar-refractivity contribution in [3.63, 3.8) is 0 Å². The average Bonchev–Trinajstić information content (AvgIpc) is 2.58. The molecule has 0 bridgehead atoms. The van der Waals surface area contributed by atoms with E-state index in [4.69, 9.17) is 14.2 Å². The summed E-state index contributed by atoms with van der Waals surface area (Å²) in [4.78, 5) is 0. The number of benzene rings is 1. The van der Waals surface area contributed by atoms with Gasteiger partial charge in [0.1, 0.15) is 11.5 Å². The van der Waals surface area contributed by atoms with E-state index in [1.165, 1.54) is 29.5 Å². The molecule has 0 N–H and O–H groups in total. The number of hydrogen-bond acceptors (Lipinski definition) is 3.